The van der Waals surface area contributed by atoms with Crippen LogP contribution in [0.5, 0.6) is 5.75 Å². The highest BCUT2D eigenvalue weighted by Gasteiger charge is 2.35. The van der Waals surface area contributed by atoms with Crippen LogP contribution in [0.25, 0.3) is 0 Å². The molecule has 0 saturated carbocycles. The normalized spacial score (nSPS) is 15.2. The van der Waals surface area contributed by atoms with Crippen LogP contribution in [0.15, 0.2) is 78.0 Å². The fourth-order valence-electron chi connectivity index (χ4n) is 4.17. The van der Waals surface area contributed by atoms with E-state index in [4.69, 9.17) is 9.47 Å². The number of ether oxygens (including phenoxy) is 2. The van der Waals surface area contributed by atoms with Crippen molar-refractivity contribution < 1.29 is 22.7 Å². The van der Waals surface area contributed by atoms with E-state index in [0.29, 0.717) is 37.6 Å². The second kappa shape index (κ2) is 10.9. The van der Waals surface area contributed by atoms with Gasteiger partial charge in [-0.1, -0.05) is 12.1 Å². The summed E-state index contributed by atoms with van der Waals surface area (Å²) in [6.07, 6.45) is 4.59. The number of pyridine rings is 1. The maximum Gasteiger partial charge on any atom is 0.261 e. The lowest BCUT2D eigenvalue weighted by Crippen LogP contribution is -2.44. The Kier molecular flexibility index (Phi) is 7.67. The number of nitrogens with one attached hydrogen (secondary N) is 2. The summed E-state index contributed by atoms with van der Waals surface area (Å²) in [7, 11) is -3.77. The minimum Gasteiger partial charge on any atom is -0.494 e. The van der Waals surface area contributed by atoms with Crippen molar-refractivity contribution in [1.82, 2.24) is 10.3 Å². The molecule has 1 aromatic heterocycles. The standard InChI is InChI=1S/C26H29N3O5S/c1-2-34-23-7-5-21(6-8-23)26(13-17-33-18-14-26)19-28-25(30)20-3-9-24(10-4-20)35(31,32)29-22-11-15-27-16-12-22/h3-12,15-16H,2,13-14,17-19H2,1H3,(H,27,29)(H,28,30). The molecule has 1 saturated heterocycles. The van der Waals surface area contributed by atoms with E-state index in [1.165, 1.54) is 36.7 Å². The molecular weight excluding hydrogens is 466 g/mol. The predicted octanol–water partition coefficient (Wildman–Crippen LogP) is 3.76. The molecule has 0 radical (unpaired) electrons. The van der Waals surface area contributed by atoms with Crippen molar-refractivity contribution in [2.24, 2.45) is 0 Å². The van der Waals surface area contributed by atoms with Gasteiger partial charge in [-0.15, -0.1) is 0 Å². The van der Waals surface area contributed by atoms with Gasteiger partial charge in [0, 0.05) is 43.1 Å². The van der Waals surface area contributed by atoms with Crippen LogP contribution in [-0.4, -0.2) is 45.7 Å². The van der Waals surface area contributed by atoms with Gasteiger partial charge in [-0.05, 0) is 73.9 Å². The number of carbonyl (C=O) groups excluding carboxylic acids is 1. The SMILES string of the molecule is CCOc1ccc(C2(CNC(=O)c3ccc(S(=O)(=O)Nc4ccncc4)cc3)CCOCC2)cc1. The van der Waals surface area contributed by atoms with Crippen molar-refractivity contribution in [2.75, 3.05) is 31.1 Å². The van der Waals surface area contributed by atoms with E-state index in [1.54, 1.807) is 12.1 Å². The van der Waals surface area contributed by atoms with Crippen molar-refractivity contribution in [3.8, 4) is 5.75 Å². The molecule has 2 N–H and O–H groups in total. The highest BCUT2D eigenvalue weighted by Crippen LogP contribution is 2.35. The predicted molar refractivity (Wildman–Crippen MR) is 133 cm³/mol. The Balaban J connectivity index is 1.44. The fourth-order valence-corrected chi connectivity index (χ4v) is 5.23. The number of aromatic nitrogens is 1. The van der Waals surface area contributed by atoms with Crippen molar-refractivity contribution in [1.29, 1.82) is 0 Å². The van der Waals surface area contributed by atoms with Gasteiger partial charge in [-0.3, -0.25) is 14.5 Å². The van der Waals surface area contributed by atoms with Gasteiger partial charge in [0.05, 0.1) is 17.2 Å². The molecule has 9 heteroatoms. The van der Waals surface area contributed by atoms with E-state index in [0.717, 1.165) is 24.2 Å². The maximum atomic E-state index is 12.9. The lowest BCUT2D eigenvalue weighted by Gasteiger charge is -2.38. The lowest BCUT2D eigenvalue weighted by molar-refractivity contribution is 0.0487. The molecule has 1 aliphatic rings. The van der Waals surface area contributed by atoms with E-state index in [2.05, 4.69) is 27.2 Å². The average Bonchev–Trinajstić information content (AvgIpc) is 2.89. The van der Waals surface area contributed by atoms with Gasteiger partial charge in [0.2, 0.25) is 0 Å². The second-order valence-electron chi connectivity index (χ2n) is 8.40. The first-order valence-corrected chi connectivity index (χ1v) is 13.0. The summed E-state index contributed by atoms with van der Waals surface area (Å²) in [5, 5.41) is 3.05. The van der Waals surface area contributed by atoms with Crippen molar-refractivity contribution in [2.45, 2.75) is 30.1 Å². The minimum absolute atomic E-state index is 0.0705. The van der Waals surface area contributed by atoms with Crippen LogP contribution >= 0.6 is 0 Å². The van der Waals surface area contributed by atoms with Gasteiger partial charge in [0.1, 0.15) is 5.75 Å². The highest BCUT2D eigenvalue weighted by atomic mass is 32.2. The van der Waals surface area contributed by atoms with Gasteiger partial charge in [-0.25, -0.2) is 8.42 Å². The minimum atomic E-state index is -3.77. The van der Waals surface area contributed by atoms with Crippen LogP contribution in [0.4, 0.5) is 5.69 Å². The quantitative estimate of drug-likeness (QED) is 0.468. The first kappa shape index (κ1) is 24.7. The van der Waals surface area contributed by atoms with Gasteiger partial charge < -0.3 is 14.8 Å². The third kappa shape index (κ3) is 5.98. The molecule has 8 nitrogen and oxygen atoms in total. The number of carbonyl (C=O) groups is 1. The molecule has 0 spiro atoms. The van der Waals surface area contributed by atoms with Crippen molar-refractivity contribution in [3.05, 3.63) is 84.2 Å². The van der Waals surface area contributed by atoms with Gasteiger partial charge in [0.15, 0.2) is 0 Å². The zero-order valence-corrected chi connectivity index (χ0v) is 20.4. The molecule has 1 amide bonds. The number of rotatable bonds is 9. The van der Waals surface area contributed by atoms with E-state index in [9.17, 15) is 13.2 Å². The molecule has 3 aromatic rings. The van der Waals surface area contributed by atoms with E-state index in [-0.39, 0.29) is 16.2 Å². The molecule has 0 aliphatic carbocycles. The van der Waals surface area contributed by atoms with Crippen LogP contribution in [0.1, 0.15) is 35.7 Å². The van der Waals surface area contributed by atoms with Crippen LogP contribution < -0.4 is 14.8 Å². The molecule has 4 rings (SSSR count). The number of sulfonamides is 1. The Morgan fingerprint density at radius 3 is 2.29 bits per heavy atom. The van der Waals surface area contributed by atoms with Crippen molar-refractivity contribution >= 4 is 21.6 Å². The summed E-state index contributed by atoms with van der Waals surface area (Å²) >= 11 is 0. The molecular formula is C26H29N3O5S. The molecule has 0 bridgehead atoms. The monoisotopic (exact) mass is 495 g/mol. The van der Waals surface area contributed by atoms with E-state index < -0.39 is 10.0 Å². The molecule has 1 fully saturated rings. The number of hydrogen-bond acceptors (Lipinski definition) is 6. The van der Waals surface area contributed by atoms with Gasteiger partial charge >= 0.3 is 0 Å². The number of benzene rings is 2. The van der Waals surface area contributed by atoms with Gasteiger partial charge in [-0.2, -0.15) is 0 Å². The van der Waals surface area contributed by atoms with E-state index in [1.807, 2.05) is 19.1 Å². The number of anilines is 1. The van der Waals surface area contributed by atoms with Gasteiger partial charge in [0.25, 0.3) is 15.9 Å². The summed E-state index contributed by atoms with van der Waals surface area (Å²) in [5.74, 6) is 0.559. The largest absolute Gasteiger partial charge is 0.494 e. The zero-order valence-electron chi connectivity index (χ0n) is 19.6. The average molecular weight is 496 g/mol. The Morgan fingerprint density at radius 2 is 1.66 bits per heavy atom. The molecule has 35 heavy (non-hydrogen) atoms. The third-order valence-corrected chi connectivity index (χ3v) is 7.57. The topological polar surface area (TPSA) is 107 Å². The van der Waals surface area contributed by atoms with Crippen LogP contribution in [-0.2, 0) is 20.2 Å². The van der Waals surface area contributed by atoms with Crippen molar-refractivity contribution in [3.63, 3.8) is 0 Å². The Labute approximate surface area is 205 Å². The first-order valence-electron chi connectivity index (χ1n) is 11.5. The summed E-state index contributed by atoms with van der Waals surface area (Å²) < 4.78 is 38.9. The Bertz CT molecular complexity index is 1220. The Morgan fingerprint density at radius 1 is 1.00 bits per heavy atom. The second-order valence-corrected chi connectivity index (χ2v) is 10.1. The number of hydrogen-bond donors (Lipinski definition) is 2. The molecule has 2 heterocycles. The Hall–Kier alpha value is -3.43. The lowest BCUT2D eigenvalue weighted by atomic mass is 9.74. The van der Waals surface area contributed by atoms with Crippen LogP contribution in [0.3, 0.4) is 0 Å². The molecule has 1 aliphatic heterocycles. The molecule has 0 atom stereocenters. The third-order valence-electron chi connectivity index (χ3n) is 6.17. The summed E-state index contributed by atoms with van der Waals surface area (Å²) in [6, 6.07) is 17.0. The van der Waals surface area contributed by atoms with E-state index >= 15 is 0 Å². The highest BCUT2D eigenvalue weighted by molar-refractivity contribution is 7.92. The molecule has 184 valence electrons. The first-order chi connectivity index (χ1) is 16.9. The van der Waals surface area contributed by atoms with Crippen LogP contribution in [0, 0.1) is 0 Å². The van der Waals surface area contributed by atoms with Crippen LogP contribution in [0.2, 0.25) is 0 Å². The molecule has 2 aromatic carbocycles. The smallest absolute Gasteiger partial charge is 0.261 e. The maximum absolute atomic E-state index is 12.9. The fraction of sp³-hybridized carbons (Fsp3) is 0.308. The summed E-state index contributed by atoms with van der Waals surface area (Å²) in [4.78, 5) is 16.9. The number of nitrogens with zero attached hydrogens (tertiary/aromatic N) is 1. The molecule has 0 unspecified atom stereocenters. The zero-order chi connectivity index (χ0) is 24.7. The summed E-state index contributed by atoms with van der Waals surface area (Å²) in [6.45, 7) is 4.25. The summed E-state index contributed by atoms with van der Waals surface area (Å²) in [5.41, 5.74) is 1.70. The number of amides is 1.